The van der Waals surface area contributed by atoms with Crippen LogP contribution in [0.25, 0.3) is 0 Å². The van der Waals surface area contributed by atoms with Gasteiger partial charge in [-0.25, -0.2) is 0 Å². The Morgan fingerprint density at radius 1 is 1.11 bits per heavy atom. The van der Waals surface area contributed by atoms with Gasteiger partial charge in [0.1, 0.15) is 0 Å². The molecule has 1 aromatic heterocycles. The number of nitrogens with zero attached hydrogens (tertiary/aromatic N) is 2. The average molecular weight is 400 g/mol. The highest BCUT2D eigenvalue weighted by Gasteiger charge is 2.12. The minimum atomic E-state index is -0.244. The zero-order valence-electron chi connectivity index (χ0n) is 15.8. The molecule has 0 unspecified atom stereocenters. The third-order valence-electron chi connectivity index (χ3n) is 3.93. The molecule has 0 aliphatic carbocycles. The molecule has 6 nitrogen and oxygen atoms in total. The lowest BCUT2D eigenvalue weighted by molar-refractivity contribution is 0.102. The predicted octanol–water partition coefficient (Wildman–Crippen LogP) is 4.63. The molecule has 0 aliphatic heterocycles. The second-order valence-electron chi connectivity index (χ2n) is 6.04. The minimum absolute atomic E-state index is 0.244. The summed E-state index contributed by atoms with van der Waals surface area (Å²) >= 11 is 6.01. The van der Waals surface area contributed by atoms with Crippen molar-refractivity contribution in [2.75, 3.05) is 18.5 Å². The van der Waals surface area contributed by atoms with E-state index in [1.165, 1.54) is 0 Å². The normalized spacial score (nSPS) is 10.5. The van der Waals surface area contributed by atoms with E-state index in [0.717, 1.165) is 5.56 Å². The molecule has 0 fully saturated rings. The number of carbonyl (C=O) groups is 1. The fraction of sp³-hybridized carbons (Fsp3) is 0.238. The molecule has 0 saturated heterocycles. The predicted molar refractivity (Wildman–Crippen MR) is 110 cm³/mol. The van der Waals surface area contributed by atoms with E-state index in [4.69, 9.17) is 21.1 Å². The van der Waals surface area contributed by atoms with Crippen molar-refractivity contribution < 1.29 is 14.3 Å². The Labute approximate surface area is 169 Å². The summed E-state index contributed by atoms with van der Waals surface area (Å²) in [6.45, 7) is 5.36. The molecule has 0 atom stereocenters. The molecule has 3 aromatic rings. The molecule has 28 heavy (non-hydrogen) atoms. The van der Waals surface area contributed by atoms with Gasteiger partial charge in [0.05, 0.1) is 31.6 Å². The van der Waals surface area contributed by atoms with Gasteiger partial charge in [0.2, 0.25) is 0 Å². The van der Waals surface area contributed by atoms with Gasteiger partial charge in [0, 0.05) is 16.8 Å². The van der Waals surface area contributed by atoms with Gasteiger partial charge in [-0.05, 0) is 49.7 Å². The number of benzene rings is 2. The number of amides is 1. The van der Waals surface area contributed by atoms with Crippen molar-refractivity contribution in [2.45, 2.75) is 20.4 Å². The third-order valence-corrected chi connectivity index (χ3v) is 4.17. The van der Waals surface area contributed by atoms with Gasteiger partial charge in [-0.3, -0.25) is 9.48 Å². The summed E-state index contributed by atoms with van der Waals surface area (Å²) in [4.78, 5) is 12.6. The Kier molecular flexibility index (Phi) is 6.55. The zero-order valence-corrected chi connectivity index (χ0v) is 16.6. The van der Waals surface area contributed by atoms with Crippen LogP contribution in [0.3, 0.4) is 0 Å². The monoisotopic (exact) mass is 399 g/mol. The van der Waals surface area contributed by atoms with Gasteiger partial charge in [-0.2, -0.15) is 5.10 Å². The van der Waals surface area contributed by atoms with Crippen LogP contribution >= 0.6 is 11.6 Å². The maximum atomic E-state index is 12.6. The van der Waals surface area contributed by atoms with E-state index in [2.05, 4.69) is 10.4 Å². The number of halogens is 1. The van der Waals surface area contributed by atoms with Crippen molar-refractivity contribution in [1.82, 2.24) is 9.78 Å². The number of anilines is 1. The summed E-state index contributed by atoms with van der Waals surface area (Å²) < 4.78 is 12.9. The van der Waals surface area contributed by atoms with E-state index in [-0.39, 0.29) is 5.91 Å². The number of hydrogen-bond donors (Lipinski definition) is 1. The number of nitrogens with one attached hydrogen (secondary N) is 1. The Hall–Kier alpha value is -2.99. The third kappa shape index (κ3) is 5.04. The van der Waals surface area contributed by atoms with Crippen LogP contribution < -0.4 is 14.8 Å². The summed E-state index contributed by atoms with van der Waals surface area (Å²) in [6.07, 6.45) is 3.39. The fourth-order valence-corrected chi connectivity index (χ4v) is 2.95. The van der Waals surface area contributed by atoms with Crippen LogP contribution in [-0.4, -0.2) is 28.9 Å². The second-order valence-corrected chi connectivity index (χ2v) is 6.47. The molecule has 0 spiro atoms. The standard InChI is InChI=1S/C21H22ClN3O3/c1-3-27-19-9-8-16(11-20(19)28-4-2)21(26)24-18-12-23-25(14-18)13-15-6-5-7-17(22)10-15/h5-12,14H,3-4,13H2,1-2H3,(H,24,26). The Bertz CT molecular complexity index is 956. The molecule has 2 aromatic carbocycles. The van der Waals surface area contributed by atoms with Crippen LogP contribution in [-0.2, 0) is 6.54 Å². The van der Waals surface area contributed by atoms with Gasteiger partial charge in [-0.1, -0.05) is 23.7 Å². The largest absolute Gasteiger partial charge is 0.490 e. The summed E-state index contributed by atoms with van der Waals surface area (Å²) in [5, 5.41) is 7.82. The van der Waals surface area contributed by atoms with Gasteiger partial charge in [0.25, 0.3) is 5.91 Å². The van der Waals surface area contributed by atoms with Crippen LogP contribution in [0, 0.1) is 0 Å². The molecule has 0 saturated carbocycles. The van der Waals surface area contributed by atoms with Gasteiger partial charge in [-0.15, -0.1) is 0 Å². The molecular formula is C21H22ClN3O3. The van der Waals surface area contributed by atoms with Crippen molar-refractivity contribution in [3.63, 3.8) is 0 Å². The number of hydrogen-bond acceptors (Lipinski definition) is 4. The molecule has 1 amide bonds. The van der Waals surface area contributed by atoms with Crippen LogP contribution in [0.1, 0.15) is 29.8 Å². The number of ether oxygens (including phenoxy) is 2. The summed E-state index contributed by atoms with van der Waals surface area (Å²) in [5.41, 5.74) is 2.12. The smallest absolute Gasteiger partial charge is 0.255 e. The minimum Gasteiger partial charge on any atom is -0.490 e. The van der Waals surface area contributed by atoms with Crippen LogP contribution in [0.4, 0.5) is 5.69 Å². The summed E-state index contributed by atoms with van der Waals surface area (Å²) in [5.74, 6) is 0.926. The lowest BCUT2D eigenvalue weighted by Crippen LogP contribution is -2.12. The molecule has 0 aliphatic rings. The van der Waals surface area contributed by atoms with E-state index in [9.17, 15) is 4.79 Å². The highest BCUT2D eigenvalue weighted by Crippen LogP contribution is 2.29. The van der Waals surface area contributed by atoms with Gasteiger partial charge < -0.3 is 14.8 Å². The lowest BCUT2D eigenvalue weighted by atomic mass is 10.2. The first-order valence-corrected chi connectivity index (χ1v) is 9.44. The number of aromatic nitrogens is 2. The van der Waals surface area contributed by atoms with E-state index < -0.39 is 0 Å². The van der Waals surface area contributed by atoms with E-state index in [0.29, 0.717) is 47.5 Å². The maximum Gasteiger partial charge on any atom is 0.255 e. The van der Waals surface area contributed by atoms with E-state index in [1.807, 2.05) is 38.1 Å². The first-order valence-electron chi connectivity index (χ1n) is 9.07. The zero-order chi connectivity index (χ0) is 19.9. The summed E-state index contributed by atoms with van der Waals surface area (Å²) in [6, 6.07) is 12.7. The molecule has 146 valence electrons. The summed E-state index contributed by atoms with van der Waals surface area (Å²) in [7, 11) is 0. The van der Waals surface area contributed by atoms with Crippen LogP contribution in [0.5, 0.6) is 11.5 Å². The van der Waals surface area contributed by atoms with E-state index >= 15 is 0 Å². The highest BCUT2D eigenvalue weighted by molar-refractivity contribution is 6.30. The Balaban J connectivity index is 1.69. The van der Waals surface area contributed by atoms with Crippen molar-refractivity contribution >= 4 is 23.2 Å². The average Bonchev–Trinajstić information content (AvgIpc) is 3.10. The van der Waals surface area contributed by atoms with Crippen molar-refractivity contribution in [3.05, 3.63) is 71.0 Å². The maximum absolute atomic E-state index is 12.6. The number of carbonyl (C=O) groups excluding carboxylic acids is 1. The number of rotatable bonds is 8. The first-order chi connectivity index (χ1) is 13.6. The van der Waals surface area contributed by atoms with Crippen molar-refractivity contribution in [2.24, 2.45) is 0 Å². The fourth-order valence-electron chi connectivity index (χ4n) is 2.73. The molecule has 0 radical (unpaired) electrons. The molecule has 3 rings (SSSR count). The van der Waals surface area contributed by atoms with Gasteiger partial charge >= 0.3 is 0 Å². The molecule has 7 heteroatoms. The SMILES string of the molecule is CCOc1ccc(C(=O)Nc2cnn(Cc3cccc(Cl)c3)c2)cc1OCC. The molecule has 1 heterocycles. The van der Waals surface area contributed by atoms with E-state index in [1.54, 1.807) is 35.3 Å². The molecule has 0 bridgehead atoms. The highest BCUT2D eigenvalue weighted by atomic mass is 35.5. The van der Waals surface area contributed by atoms with Crippen molar-refractivity contribution in [3.8, 4) is 11.5 Å². The second kappa shape index (κ2) is 9.28. The Morgan fingerprint density at radius 3 is 2.64 bits per heavy atom. The topological polar surface area (TPSA) is 65.4 Å². The van der Waals surface area contributed by atoms with Crippen LogP contribution in [0.15, 0.2) is 54.9 Å². The quantitative estimate of drug-likeness (QED) is 0.599. The van der Waals surface area contributed by atoms with Crippen molar-refractivity contribution in [1.29, 1.82) is 0 Å². The molecular weight excluding hydrogens is 378 g/mol. The first kappa shape index (κ1) is 19.8. The molecule has 1 N–H and O–H groups in total. The van der Waals surface area contributed by atoms with Crippen LogP contribution in [0.2, 0.25) is 5.02 Å². The lowest BCUT2D eigenvalue weighted by Gasteiger charge is -2.12. The van der Waals surface area contributed by atoms with Gasteiger partial charge in [0.15, 0.2) is 11.5 Å². The Morgan fingerprint density at radius 2 is 1.89 bits per heavy atom.